The molecule has 92 valence electrons. The predicted molar refractivity (Wildman–Crippen MR) is 72.7 cm³/mol. The average molecular weight is 316 g/mol. The Morgan fingerprint density at radius 2 is 1.94 bits per heavy atom. The Labute approximate surface area is 110 Å². The van der Waals surface area contributed by atoms with Crippen LogP contribution >= 0.6 is 15.9 Å². The molecule has 1 heterocycles. The van der Waals surface area contributed by atoms with Gasteiger partial charge < -0.3 is 0 Å². The normalized spacial score (nSPS) is 21.1. The molecule has 0 N–H and O–H groups in total. The van der Waals surface area contributed by atoms with Crippen molar-refractivity contribution < 1.29 is 8.42 Å². The Morgan fingerprint density at radius 3 is 2.47 bits per heavy atom. The molecule has 0 saturated heterocycles. The molecule has 0 fully saturated rings. The van der Waals surface area contributed by atoms with Crippen molar-refractivity contribution in [1.82, 2.24) is 0 Å². The van der Waals surface area contributed by atoms with Crippen LogP contribution in [0.1, 0.15) is 24.8 Å². The smallest absolute Gasteiger partial charge is 0.175 e. The lowest BCUT2D eigenvalue weighted by Crippen LogP contribution is -2.11. The zero-order chi connectivity index (χ0) is 12.5. The molecule has 1 aromatic carbocycles. The highest BCUT2D eigenvalue weighted by Crippen LogP contribution is 2.22. The summed E-state index contributed by atoms with van der Waals surface area (Å²) in [5.74, 6) is 0. The SMILES string of the molecule is CS(=O)(=O)c1ccc(C2=NC(Br)CCC2)cc1. The molecule has 1 aromatic rings. The van der Waals surface area contributed by atoms with Crippen molar-refractivity contribution in [3.8, 4) is 0 Å². The Kier molecular flexibility index (Phi) is 3.68. The molecule has 1 unspecified atom stereocenters. The summed E-state index contributed by atoms with van der Waals surface area (Å²) in [7, 11) is -3.11. The number of halogens is 1. The molecule has 3 nitrogen and oxygen atoms in total. The third-order valence-corrected chi connectivity index (χ3v) is 4.56. The van der Waals surface area contributed by atoms with Gasteiger partial charge in [-0.3, -0.25) is 4.99 Å². The Balaban J connectivity index is 2.30. The third kappa shape index (κ3) is 3.16. The summed E-state index contributed by atoms with van der Waals surface area (Å²) in [6.45, 7) is 0. The van der Waals surface area contributed by atoms with Gasteiger partial charge in [-0.25, -0.2) is 8.42 Å². The van der Waals surface area contributed by atoms with Crippen molar-refractivity contribution >= 4 is 31.5 Å². The average Bonchev–Trinajstić information content (AvgIpc) is 2.28. The molecule has 5 heteroatoms. The van der Waals surface area contributed by atoms with E-state index >= 15 is 0 Å². The van der Waals surface area contributed by atoms with Crippen LogP contribution in [0.3, 0.4) is 0 Å². The Morgan fingerprint density at radius 1 is 1.29 bits per heavy atom. The van der Waals surface area contributed by atoms with Crippen LogP contribution in [0.5, 0.6) is 0 Å². The lowest BCUT2D eigenvalue weighted by atomic mass is 10.0. The minimum absolute atomic E-state index is 0.195. The highest BCUT2D eigenvalue weighted by Gasteiger charge is 2.14. The van der Waals surface area contributed by atoms with Crippen LogP contribution in [0.25, 0.3) is 0 Å². The Hall–Kier alpha value is -0.680. The van der Waals surface area contributed by atoms with Crippen LogP contribution in [-0.4, -0.2) is 25.3 Å². The van der Waals surface area contributed by atoms with Crippen molar-refractivity contribution in [3.05, 3.63) is 29.8 Å². The van der Waals surface area contributed by atoms with Crippen molar-refractivity contribution in [2.45, 2.75) is 29.1 Å². The standard InChI is InChI=1S/C12H14BrNO2S/c1-17(15,16)10-7-5-9(6-8-10)11-3-2-4-12(13)14-11/h5-8,12H,2-4H2,1H3. The largest absolute Gasteiger partial charge is 0.274 e. The number of sulfone groups is 1. The minimum Gasteiger partial charge on any atom is -0.274 e. The van der Waals surface area contributed by atoms with Crippen LogP contribution < -0.4 is 0 Å². The molecule has 2 rings (SSSR count). The monoisotopic (exact) mass is 315 g/mol. The molecule has 0 aliphatic carbocycles. The third-order valence-electron chi connectivity index (χ3n) is 2.77. The van der Waals surface area contributed by atoms with Gasteiger partial charge in [0.2, 0.25) is 0 Å². The minimum atomic E-state index is -3.11. The van der Waals surface area contributed by atoms with Gasteiger partial charge in [-0.2, -0.15) is 0 Å². The molecular formula is C12H14BrNO2S. The van der Waals surface area contributed by atoms with Crippen LogP contribution in [0.2, 0.25) is 0 Å². The van der Waals surface area contributed by atoms with Gasteiger partial charge in [-0.1, -0.05) is 28.1 Å². The maximum absolute atomic E-state index is 11.3. The molecule has 0 saturated carbocycles. The van der Waals surface area contributed by atoms with E-state index in [9.17, 15) is 8.42 Å². The molecule has 0 radical (unpaired) electrons. The molecule has 1 aliphatic heterocycles. The first-order valence-corrected chi connectivity index (χ1v) is 8.29. The quantitative estimate of drug-likeness (QED) is 0.622. The van der Waals surface area contributed by atoms with Gasteiger partial charge in [0.1, 0.15) is 4.95 Å². The number of alkyl halides is 1. The van der Waals surface area contributed by atoms with E-state index in [1.165, 1.54) is 6.26 Å². The lowest BCUT2D eigenvalue weighted by molar-refractivity contribution is 0.602. The fraction of sp³-hybridized carbons (Fsp3) is 0.417. The highest BCUT2D eigenvalue weighted by atomic mass is 79.9. The van der Waals surface area contributed by atoms with Crippen LogP contribution in [0.4, 0.5) is 0 Å². The van der Waals surface area contributed by atoms with Crippen LogP contribution in [0, 0.1) is 0 Å². The van der Waals surface area contributed by atoms with E-state index in [0.717, 1.165) is 30.5 Å². The molecular weight excluding hydrogens is 302 g/mol. The molecule has 0 bridgehead atoms. The Bertz CT molecular complexity index is 534. The van der Waals surface area contributed by atoms with E-state index in [1.807, 2.05) is 12.1 Å². The summed E-state index contributed by atoms with van der Waals surface area (Å²) in [4.78, 5) is 5.08. The number of aliphatic imine (C=N–C) groups is 1. The number of hydrogen-bond donors (Lipinski definition) is 0. The fourth-order valence-corrected chi connectivity index (χ4v) is 3.05. The zero-order valence-corrected chi connectivity index (χ0v) is 12.0. The van der Waals surface area contributed by atoms with Gasteiger partial charge in [0.05, 0.1) is 4.90 Å². The summed E-state index contributed by atoms with van der Waals surface area (Å²) >= 11 is 3.49. The van der Waals surface area contributed by atoms with Crippen LogP contribution in [0.15, 0.2) is 34.2 Å². The van der Waals surface area contributed by atoms with E-state index in [0.29, 0.717) is 4.90 Å². The van der Waals surface area contributed by atoms with E-state index < -0.39 is 9.84 Å². The molecule has 0 aromatic heterocycles. The number of nitrogens with zero attached hydrogens (tertiary/aromatic N) is 1. The summed E-state index contributed by atoms with van der Waals surface area (Å²) < 4.78 is 22.7. The maximum atomic E-state index is 11.3. The highest BCUT2D eigenvalue weighted by molar-refractivity contribution is 9.09. The van der Waals surface area contributed by atoms with E-state index in [1.54, 1.807) is 12.1 Å². The van der Waals surface area contributed by atoms with Crippen molar-refractivity contribution in [3.63, 3.8) is 0 Å². The molecule has 1 atom stereocenters. The van der Waals surface area contributed by atoms with Crippen molar-refractivity contribution in [1.29, 1.82) is 0 Å². The zero-order valence-electron chi connectivity index (χ0n) is 9.56. The summed E-state index contributed by atoms with van der Waals surface area (Å²) in [5, 5.41) is 0. The lowest BCUT2D eigenvalue weighted by Gasteiger charge is -2.16. The van der Waals surface area contributed by atoms with E-state index in [4.69, 9.17) is 0 Å². The molecule has 0 amide bonds. The number of hydrogen-bond acceptors (Lipinski definition) is 3. The van der Waals surface area contributed by atoms with Gasteiger partial charge in [0, 0.05) is 12.0 Å². The van der Waals surface area contributed by atoms with Crippen molar-refractivity contribution in [2.75, 3.05) is 6.26 Å². The first kappa shape index (κ1) is 12.8. The van der Waals surface area contributed by atoms with E-state index in [2.05, 4.69) is 20.9 Å². The molecule has 1 aliphatic rings. The second kappa shape index (κ2) is 4.90. The van der Waals surface area contributed by atoms with Gasteiger partial charge in [0.15, 0.2) is 9.84 Å². The first-order chi connectivity index (χ1) is 7.97. The fourth-order valence-electron chi connectivity index (χ4n) is 1.85. The number of rotatable bonds is 2. The van der Waals surface area contributed by atoms with E-state index in [-0.39, 0.29) is 4.95 Å². The molecule has 0 spiro atoms. The topological polar surface area (TPSA) is 46.5 Å². The second-order valence-corrected chi connectivity index (χ2v) is 7.27. The van der Waals surface area contributed by atoms with Gasteiger partial charge in [-0.05, 0) is 37.0 Å². The predicted octanol–water partition coefficient (Wildman–Crippen LogP) is 2.78. The van der Waals surface area contributed by atoms with Gasteiger partial charge in [0.25, 0.3) is 0 Å². The summed E-state index contributed by atoms with van der Waals surface area (Å²) in [6.07, 6.45) is 4.35. The number of benzene rings is 1. The van der Waals surface area contributed by atoms with Crippen LogP contribution in [-0.2, 0) is 9.84 Å². The van der Waals surface area contributed by atoms with Gasteiger partial charge in [-0.15, -0.1) is 0 Å². The first-order valence-electron chi connectivity index (χ1n) is 5.48. The second-order valence-electron chi connectivity index (χ2n) is 4.20. The summed E-state index contributed by atoms with van der Waals surface area (Å²) in [6, 6.07) is 6.95. The van der Waals surface area contributed by atoms with Gasteiger partial charge >= 0.3 is 0 Å². The summed E-state index contributed by atoms with van der Waals surface area (Å²) in [5.41, 5.74) is 2.07. The van der Waals surface area contributed by atoms with Crippen molar-refractivity contribution in [2.24, 2.45) is 4.99 Å². The molecule has 17 heavy (non-hydrogen) atoms. The maximum Gasteiger partial charge on any atom is 0.175 e.